The lowest BCUT2D eigenvalue weighted by molar-refractivity contribution is -0.120. The Morgan fingerprint density at radius 1 is 1.19 bits per heavy atom. The first-order valence-corrected chi connectivity index (χ1v) is 6.48. The van der Waals surface area contributed by atoms with Crippen LogP contribution in [-0.4, -0.2) is 18.9 Å². The maximum absolute atomic E-state index is 11.7. The van der Waals surface area contributed by atoms with Crippen LogP contribution in [0.2, 0.25) is 5.02 Å². The molecule has 0 atom stereocenters. The third kappa shape index (κ3) is 4.59. The van der Waals surface area contributed by atoms with Crippen molar-refractivity contribution >= 4 is 35.3 Å². The molecule has 107 valence electrons. The van der Waals surface area contributed by atoms with E-state index in [9.17, 15) is 9.59 Å². The molecule has 0 unspecified atom stereocenters. The molecule has 0 aliphatic rings. The molecule has 0 bridgehead atoms. The Morgan fingerprint density at radius 2 is 1.95 bits per heavy atom. The maximum atomic E-state index is 11.7. The van der Waals surface area contributed by atoms with Gasteiger partial charge in [0.2, 0.25) is 0 Å². The number of hydroxylamine groups is 1. The van der Waals surface area contributed by atoms with Crippen molar-refractivity contribution in [3.63, 3.8) is 0 Å². The van der Waals surface area contributed by atoms with E-state index in [0.717, 1.165) is 5.06 Å². The van der Waals surface area contributed by atoms with Gasteiger partial charge in [0.25, 0.3) is 5.91 Å². The molecule has 5 nitrogen and oxygen atoms in total. The summed E-state index contributed by atoms with van der Waals surface area (Å²) in [6.45, 7) is -0.323. The van der Waals surface area contributed by atoms with Gasteiger partial charge in [-0.2, -0.15) is 5.06 Å². The average molecular weight is 304 g/mol. The molecular weight excluding hydrogens is 292 g/mol. The third-order valence-electron chi connectivity index (χ3n) is 2.51. The van der Waals surface area contributed by atoms with Crippen LogP contribution in [0, 0.1) is 0 Å². The molecule has 2 aromatic rings. The summed E-state index contributed by atoms with van der Waals surface area (Å²) in [5.74, 6) is -0.386. The highest BCUT2D eigenvalue weighted by Gasteiger charge is 2.11. The molecule has 2 rings (SSSR count). The number of para-hydroxylation sites is 1. The minimum atomic E-state index is -0.386. The van der Waals surface area contributed by atoms with Crippen LogP contribution in [0.4, 0.5) is 11.4 Å². The Bertz CT molecular complexity index is 619. The topological polar surface area (TPSA) is 58.6 Å². The van der Waals surface area contributed by atoms with Gasteiger partial charge in [0, 0.05) is 10.7 Å². The van der Waals surface area contributed by atoms with Gasteiger partial charge < -0.3 is 5.32 Å². The van der Waals surface area contributed by atoms with Crippen LogP contribution in [0.1, 0.15) is 0 Å². The zero-order valence-corrected chi connectivity index (χ0v) is 11.7. The summed E-state index contributed by atoms with van der Waals surface area (Å²) in [7, 11) is 0. The first-order valence-electron chi connectivity index (χ1n) is 6.10. The van der Waals surface area contributed by atoms with Crippen LogP contribution >= 0.6 is 11.6 Å². The van der Waals surface area contributed by atoms with Crippen molar-refractivity contribution in [2.45, 2.75) is 0 Å². The molecule has 0 spiro atoms. The zero-order valence-electron chi connectivity index (χ0n) is 11.0. The Kier molecular flexibility index (Phi) is 5.31. The predicted molar refractivity (Wildman–Crippen MR) is 80.6 cm³/mol. The highest BCUT2D eigenvalue weighted by molar-refractivity contribution is 6.30. The van der Waals surface area contributed by atoms with Crippen molar-refractivity contribution in [1.82, 2.24) is 0 Å². The standard InChI is InChI=1S/C15H12ClN2O3/c16-12-5-4-8-14(9-12)18(11-19)21-10-15(20)17-13-6-2-1-3-7-13/h1-9H,10H2,(H,17,20). The fourth-order valence-corrected chi connectivity index (χ4v) is 1.78. The molecule has 0 saturated heterocycles. The Hall–Kier alpha value is -2.37. The maximum Gasteiger partial charge on any atom is 0.343 e. The summed E-state index contributed by atoms with van der Waals surface area (Å²) in [5, 5.41) is 3.92. The largest absolute Gasteiger partial charge is 0.343 e. The number of hydrogen-bond donors (Lipinski definition) is 1. The number of benzene rings is 2. The first kappa shape index (κ1) is 15.0. The van der Waals surface area contributed by atoms with Gasteiger partial charge >= 0.3 is 6.41 Å². The number of nitrogens with one attached hydrogen (secondary N) is 1. The van der Waals surface area contributed by atoms with Crippen molar-refractivity contribution in [1.29, 1.82) is 0 Å². The van der Waals surface area contributed by atoms with Crippen molar-refractivity contribution in [3.05, 3.63) is 59.6 Å². The molecule has 1 radical (unpaired) electrons. The van der Waals surface area contributed by atoms with E-state index in [2.05, 4.69) is 5.32 Å². The molecular formula is C15H12ClN2O3. The molecule has 0 fully saturated rings. The SMILES string of the molecule is O=[C]N(OCC(=O)Nc1ccccc1)c1cccc(Cl)c1. The van der Waals surface area contributed by atoms with E-state index in [1.54, 1.807) is 48.9 Å². The molecule has 6 heteroatoms. The van der Waals surface area contributed by atoms with Gasteiger partial charge in [0.05, 0.1) is 5.69 Å². The van der Waals surface area contributed by atoms with Crippen molar-refractivity contribution in [3.8, 4) is 0 Å². The van der Waals surface area contributed by atoms with E-state index >= 15 is 0 Å². The van der Waals surface area contributed by atoms with Crippen molar-refractivity contribution in [2.75, 3.05) is 17.0 Å². The minimum absolute atomic E-state index is 0.323. The Morgan fingerprint density at radius 3 is 2.62 bits per heavy atom. The van der Waals surface area contributed by atoms with Gasteiger partial charge in [0.1, 0.15) is 0 Å². The molecule has 0 aliphatic heterocycles. The highest BCUT2D eigenvalue weighted by atomic mass is 35.5. The lowest BCUT2D eigenvalue weighted by Crippen LogP contribution is -2.28. The monoisotopic (exact) mass is 303 g/mol. The van der Waals surface area contributed by atoms with Gasteiger partial charge in [-0.1, -0.05) is 35.9 Å². The number of carbonyl (C=O) groups excluding carboxylic acids is 2. The van der Waals surface area contributed by atoms with Crippen LogP contribution < -0.4 is 10.4 Å². The molecule has 0 aromatic heterocycles. The molecule has 2 aromatic carbocycles. The van der Waals surface area contributed by atoms with E-state index in [1.165, 1.54) is 6.07 Å². The number of hydrogen-bond acceptors (Lipinski definition) is 3. The summed E-state index contributed by atoms with van der Waals surface area (Å²) in [6.07, 6.45) is 1.59. The molecule has 21 heavy (non-hydrogen) atoms. The van der Waals surface area contributed by atoms with Gasteiger partial charge in [-0.3, -0.25) is 14.4 Å². The lowest BCUT2D eigenvalue weighted by Gasteiger charge is -2.15. The second-order valence-electron chi connectivity index (χ2n) is 4.05. The van der Waals surface area contributed by atoms with Crippen LogP contribution in [0.15, 0.2) is 54.6 Å². The summed E-state index contributed by atoms with van der Waals surface area (Å²) in [4.78, 5) is 27.7. The molecule has 0 heterocycles. The number of carbonyl (C=O) groups is 1. The summed E-state index contributed by atoms with van der Waals surface area (Å²) in [5.41, 5.74) is 1.04. The quantitative estimate of drug-likeness (QED) is 0.659. The summed E-state index contributed by atoms with van der Waals surface area (Å²) < 4.78 is 0. The van der Waals surface area contributed by atoms with Gasteiger partial charge in [-0.25, -0.2) is 0 Å². The minimum Gasteiger partial charge on any atom is -0.324 e. The van der Waals surface area contributed by atoms with Gasteiger partial charge in [-0.15, -0.1) is 0 Å². The smallest absolute Gasteiger partial charge is 0.324 e. The average Bonchev–Trinajstić information content (AvgIpc) is 2.49. The fourth-order valence-electron chi connectivity index (χ4n) is 1.60. The second-order valence-corrected chi connectivity index (χ2v) is 4.49. The number of rotatable bonds is 6. The fraction of sp³-hybridized carbons (Fsp3) is 0.0667. The normalized spacial score (nSPS) is 9.95. The van der Waals surface area contributed by atoms with E-state index in [0.29, 0.717) is 16.4 Å². The highest BCUT2D eigenvalue weighted by Crippen LogP contribution is 2.18. The lowest BCUT2D eigenvalue weighted by atomic mass is 10.3. The number of nitrogens with zero attached hydrogens (tertiary/aromatic N) is 1. The number of amides is 2. The van der Waals surface area contributed by atoms with Crippen LogP contribution in [0.5, 0.6) is 0 Å². The molecule has 2 amide bonds. The Balaban J connectivity index is 1.91. The van der Waals surface area contributed by atoms with Crippen molar-refractivity contribution in [2.24, 2.45) is 0 Å². The summed E-state index contributed by atoms with van der Waals surface area (Å²) >= 11 is 5.82. The second kappa shape index (κ2) is 7.42. The van der Waals surface area contributed by atoms with Crippen LogP contribution in [0.3, 0.4) is 0 Å². The zero-order chi connectivity index (χ0) is 15.1. The van der Waals surface area contributed by atoms with Gasteiger partial charge in [0.15, 0.2) is 6.61 Å². The number of anilines is 2. The van der Waals surface area contributed by atoms with E-state index in [4.69, 9.17) is 16.4 Å². The van der Waals surface area contributed by atoms with E-state index in [-0.39, 0.29) is 12.5 Å². The predicted octanol–water partition coefficient (Wildman–Crippen LogP) is 2.78. The van der Waals surface area contributed by atoms with Crippen LogP contribution in [-0.2, 0) is 14.4 Å². The Labute approximate surface area is 127 Å². The number of halogens is 1. The van der Waals surface area contributed by atoms with Crippen molar-refractivity contribution < 1.29 is 14.4 Å². The first-order chi connectivity index (χ1) is 10.2. The third-order valence-corrected chi connectivity index (χ3v) is 2.74. The van der Waals surface area contributed by atoms with Crippen LogP contribution in [0.25, 0.3) is 0 Å². The molecule has 0 aliphatic carbocycles. The van der Waals surface area contributed by atoms with E-state index < -0.39 is 0 Å². The molecule has 1 N–H and O–H groups in total. The van der Waals surface area contributed by atoms with Gasteiger partial charge in [-0.05, 0) is 30.3 Å². The summed E-state index contributed by atoms with van der Waals surface area (Å²) in [6, 6.07) is 15.4. The van der Waals surface area contributed by atoms with E-state index in [1.807, 2.05) is 6.07 Å². The molecule has 0 saturated carbocycles.